The van der Waals surface area contributed by atoms with Crippen molar-refractivity contribution < 1.29 is 9.59 Å². The predicted molar refractivity (Wildman–Crippen MR) is 100.0 cm³/mol. The number of piperazine rings is 1. The maximum atomic E-state index is 12.5. The van der Waals surface area contributed by atoms with E-state index in [4.69, 9.17) is 11.6 Å². The molecule has 0 radical (unpaired) electrons. The molecule has 25 heavy (non-hydrogen) atoms. The van der Waals surface area contributed by atoms with Crippen LogP contribution in [0.1, 0.15) is 15.2 Å². The zero-order valence-corrected chi connectivity index (χ0v) is 15.4. The molecule has 1 aromatic heterocycles. The van der Waals surface area contributed by atoms with E-state index in [0.717, 1.165) is 4.88 Å². The van der Waals surface area contributed by atoms with Gasteiger partial charge in [0, 0.05) is 41.6 Å². The fourth-order valence-corrected chi connectivity index (χ4v) is 3.61. The number of carbonyl (C=O) groups is 2. The maximum absolute atomic E-state index is 12.5. The van der Waals surface area contributed by atoms with Gasteiger partial charge < -0.3 is 10.2 Å². The third kappa shape index (κ3) is 5.04. The number of carbonyl (C=O) groups excluding carboxylic acids is 2. The SMILES string of the molecule is O=C(CN1CCN(C(=O)c2cccc(Cl)c2)CC1)NCc1cccs1. The zero-order valence-electron chi connectivity index (χ0n) is 13.8. The van der Waals surface area contributed by atoms with Crippen molar-refractivity contribution in [3.05, 3.63) is 57.2 Å². The Morgan fingerprint density at radius 1 is 1.12 bits per heavy atom. The summed E-state index contributed by atoms with van der Waals surface area (Å²) in [7, 11) is 0. The zero-order chi connectivity index (χ0) is 17.6. The Balaban J connectivity index is 1.43. The van der Waals surface area contributed by atoms with Crippen molar-refractivity contribution in [1.29, 1.82) is 0 Å². The van der Waals surface area contributed by atoms with Gasteiger partial charge >= 0.3 is 0 Å². The van der Waals surface area contributed by atoms with Gasteiger partial charge in [0.25, 0.3) is 5.91 Å². The Morgan fingerprint density at radius 3 is 2.60 bits per heavy atom. The van der Waals surface area contributed by atoms with E-state index >= 15 is 0 Å². The number of hydrogen-bond donors (Lipinski definition) is 1. The van der Waals surface area contributed by atoms with Gasteiger partial charge in [0.1, 0.15) is 0 Å². The molecule has 1 aliphatic heterocycles. The first-order valence-electron chi connectivity index (χ1n) is 8.18. The number of halogens is 1. The molecule has 1 saturated heterocycles. The summed E-state index contributed by atoms with van der Waals surface area (Å²) in [6.45, 7) is 3.55. The first-order valence-corrected chi connectivity index (χ1v) is 9.44. The lowest BCUT2D eigenvalue weighted by molar-refractivity contribution is -0.122. The van der Waals surface area contributed by atoms with Crippen LogP contribution >= 0.6 is 22.9 Å². The van der Waals surface area contributed by atoms with Gasteiger partial charge in [0.05, 0.1) is 13.1 Å². The van der Waals surface area contributed by atoms with Crippen LogP contribution in [0.3, 0.4) is 0 Å². The Hall–Kier alpha value is -1.89. The van der Waals surface area contributed by atoms with E-state index < -0.39 is 0 Å². The van der Waals surface area contributed by atoms with E-state index in [-0.39, 0.29) is 11.8 Å². The molecule has 0 atom stereocenters. The average molecular weight is 378 g/mol. The Kier molecular flexibility index (Phi) is 6.07. The molecule has 0 bridgehead atoms. The Labute approximate surface area is 156 Å². The standard InChI is InChI=1S/C18H20ClN3O2S/c19-15-4-1-3-14(11-15)18(24)22-8-6-21(7-9-22)13-17(23)20-12-16-5-2-10-25-16/h1-5,10-11H,6-9,12-13H2,(H,20,23). The summed E-state index contributed by atoms with van der Waals surface area (Å²) in [5.74, 6) is 0.00677. The monoisotopic (exact) mass is 377 g/mol. The quantitative estimate of drug-likeness (QED) is 0.870. The number of amides is 2. The highest BCUT2D eigenvalue weighted by Crippen LogP contribution is 2.14. The van der Waals surface area contributed by atoms with Gasteiger partial charge in [-0.25, -0.2) is 0 Å². The van der Waals surface area contributed by atoms with Gasteiger partial charge in [-0.05, 0) is 29.6 Å². The van der Waals surface area contributed by atoms with E-state index in [9.17, 15) is 9.59 Å². The number of rotatable bonds is 5. The van der Waals surface area contributed by atoms with Crippen molar-refractivity contribution in [3.63, 3.8) is 0 Å². The summed E-state index contributed by atoms with van der Waals surface area (Å²) < 4.78 is 0. The minimum atomic E-state index is -0.00991. The molecule has 2 heterocycles. The second-order valence-corrected chi connectivity index (χ2v) is 7.40. The van der Waals surface area contributed by atoms with Crippen LogP contribution in [-0.4, -0.2) is 54.3 Å². The van der Waals surface area contributed by atoms with Crippen LogP contribution in [0.2, 0.25) is 5.02 Å². The summed E-state index contributed by atoms with van der Waals surface area (Å²) in [5, 5.41) is 5.49. The summed E-state index contributed by atoms with van der Waals surface area (Å²) in [4.78, 5) is 29.6. The highest BCUT2D eigenvalue weighted by Gasteiger charge is 2.23. The van der Waals surface area contributed by atoms with Gasteiger partial charge in [-0.15, -0.1) is 11.3 Å². The largest absolute Gasteiger partial charge is 0.350 e. The number of hydrogen-bond acceptors (Lipinski definition) is 4. The fourth-order valence-electron chi connectivity index (χ4n) is 2.77. The summed E-state index contributed by atoms with van der Waals surface area (Å²) in [6, 6.07) is 11.0. The van der Waals surface area contributed by atoms with E-state index in [1.54, 1.807) is 35.6 Å². The highest BCUT2D eigenvalue weighted by atomic mass is 35.5. The molecule has 1 aliphatic rings. The molecule has 1 aromatic carbocycles. The third-order valence-electron chi connectivity index (χ3n) is 4.14. The molecule has 1 fully saturated rings. The lowest BCUT2D eigenvalue weighted by Gasteiger charge is -2.34. The van der Waals surface area contributed by atoms with Gasteiger partial charge in [-0.3, -0.25) is 14.5 Å². The van der Waals surface area contributed by atoms with Gasteiger partial charge in [-0.2, -0.15) is 0 Å². The molecule has 3 rings (SSSR count). The molecule has 0 unspecified atom stereocenters. The van der Waals surface area contributed by atoms with Crippen LogP contribution in [0.4, 0.5) is 0 Å². The topological polar surface area (TPSA) is 52.7 Å². The summed E-state index contributed by atoms with van der Waals surface area (Å²) >= 11 is 7.58. The van der Waals surface area contributed by atoms with Crippen LogP contribution in [0, 0.1) is 0 Å². The van der Waals surface area contributed by atoms with E-state index in [0.29, 0.717) is 49.9 Å². The average Bonchev–Trinajstić information content (AvgIpc) is 3.14. The molecule has 2 amide bonds. The second-order valence-electron chi connectivity index (χ2n) is 5.93. The van der Waals surface area contributed by atoms with Crippen LogP contribution in [-0.2, 0) is 11.3 Å². The minimum Gasteiger partial charge on any atom is -0.350 e. The first kappa shape index (κ1) is 17.9. The smallest absolute Gasteiger partial charge is 0.253 e. The lowest BCUT2D eigenvalue weighted by Crippen LogP contribution is -2.51. The minimum absolute atomic E-state index is 0.00991. The molecule has 2 aromatic rings. The van der Waals surface area contributed by atoms with Crippen LogP contribution in [0.5, 0.6) is 0 Å². The van der Waals surface area contributed by atoms with E-state index in [1.165, 1.54) is 0 Å². The van der Waals surface area contributed by atoms with E-state index in [2.05, 4.69) is 10.2 Å². The predicted octanol–water partition coefficient (Wildman–Crippen LogP) is 2.48. The number of benzene rings is 1. The van der Waals surface area contributed by atoms with Crippen LogP contribution < -0.4 is 5.32 Å². The van der Waals surface area contributed by atoms with Gasteiger partial charge in [0.2, 0.25) is 5.91 Å². The maximum Gasteiger partial charge on any atom is 0.253 e. The first-order chi connectivity index (χ1) is 12.1. The fraction of sp³-hybridized carbons (Fsp3) is 0.333. The number of nitrogens with zero attached hydrogens (tertiary/aromatic N) is 2. The molecule has 0 spiro atoms. The molecule has 132 valence electrons. The lowest BCUT2D eigenvalue weighted by atomic mass is 10.2. The Morgan fingerprint density at radius 2 is 1.92 bits per heavy atom. The van der Waals surface area contributed by atoms with Crippen molar-refractivity contribution >= 4 is 34.8 Å². The third-order valence-corrected chi connectivity index (χ3v) is 5.25. The molecule has 1 N–H and O–H groups in total. The summed E-state index contributed by atoms with van der Waals surface area (Å²) in [6.07, 6.45) is 0. The molecule has 0 aliphatic carbocycles. The number of thiophene rings is 1. The molecular formula is C18H20ClN3O2S. The van der Waals surface area contributed by atoms with Gasteiger partial charge in [-0.1, -0.05) is 23.7 Å². The van der Waals surface area contributed by atoms with Gasteiger partial charge in [0.15, 0.2) is 0 Å². The Bertz CT molecular complexity index is 728. The molecule has 0 saturated carbocycles. The van der Waals surface area contributed by atoms with Crippen molar-refractivity contribution in [3.8, 4) is 0 Å². The highest BCUT2D eigenvalue weighted by molar-refractivity contribution is 7.09. The van der Waals surface area contributed by atoms with Crippen LogP contribution in [0.25, 0.3) is 0 Å². The molecular weight excluding hydrogens is 358 g/mol. The molecule has 5 nitrogen and oxygen atoms in total. The summed E-state index contributed by atoms with van der Waals surface area (Å²) in [5.41, 5.74) is 0.606. The van der Waals surface area contributed by atoms with E-state index in [1.807, 2.05) is 22.4 Å². The second kappa shape index (κ2) is 8.47. The molecule has 7 heteroatoms. The van der Waals surface area contributed by atoms with Crippen molar-refractivity contribution in [2.75, 3.05) is 32.7 Å². The van der Waals surface area contributed by atoms with Crippen molar-refractivity contribution in [2.45, 2.75) is 6.54 Å². The van der Waals surface area contributed by atoms with Crippen LogP contribution in [0.15, 0.2) is 41.8 Å². The van der Waals surface area contributed by atoms with Crippen molar-refractivity contribution in [2.24, 2.45) is 0 Å². The number of nitrogens with one attached hydrogen (secondary N) is 1. The van der Waals surface area contributed by atoms with Crippen molar-refractivity contribution in [1.82, 2.24) is 15.1 Å². The normalized spacial score (nSPS) is 15.2.